The van der Waals surface area contributed by atoms with Crippen molar-refractivity contribution >= 4 is 5.91 Å². The largest absolute Gasteiger partial charge is 0.395 e. The van der Waals surface area contributed by atoms with E-state index in [1.165, 1.54) is 0 Å². The van der Waals surface area contributed by atoms with Crippen molar-refractivity contribution in [2.75, 3.05) is 46.5 Å². The second-order valence-corrected chi connectivity index (χ2v) is 4.16. The highest BCUT2D eigenvalue weighted by Gasteiger charge is 2.21. The van der Waals surface area contributed by atoms with Crippen molar-refractivity contribution in [2.24, 2.45) is 5.92 Å². The van der Waals surface area contributed by atoms with Crippen LogP contribution in [-0.4, -0.2) is 62.4 Å². The number of aliphatic hydroxyl groups excluding tert-OH is 1. The van der Waals surface area contributed by atoms with E-state index >= 15 is 0 Å². The molecule has 1 rings (SSSR count). The van der Waals surface area contributed by atoms with Crippen molar-refractivity contribution in [2.45, 2.75) is 12.8 Å². The second kappa shape index (κ2) is 7.60. The summed E-state index contributed by atoms with van der Waals surface area (Å²) in [6.07, 6.45) is 1.65. The Morgan fingerprint density at radius 3 is 2.94 bits per heavy atom. The molecule has 0 aromatic rings. The normalized spacial score (nSPS) is 20.0. The predicted molar refractivity (Wildman–Crippen MR) is 61.1 cm³/mol. The Bertz CT molecular complexity index is 205. The molecule has 1 amide bonds. The third-order valence-corrected chi connectivity index (χ3v) is 2.91. The molecule has 0 radical (unpaired) electrons. The Kier molecular flexibility index (Phi) is 6.37. The highest BCUT2D eigenvalue weighted by Crippen LogP contribution is 2.13. The lowest BCUT2D eigenvalue weighted by Gasteiger charge is -2.22. The molecule has 5 nitrogen and oxygen atoms in total. The number of rotatable bonds is 7. The van der Waals surface area contributed by atoms with Crippen LogP contribution in [0.2, 0.25) is 0 Å². The number of aliphatic hydroxyl groups is 1. The molecule has 0 bridgehead atoms. The number of nitrogens with one attached hydrogen (secondary N) is 1. The summed E-state index contributed by atoms with van der Waals surface area (Å²) in [7, 11) is 1.61. The maximum Gasteiger partial charge on any atom is 0.223 e. The lowest BCUT2D eigenvalue weighted by molar-refractivity contribution is -0.133. The van der Waals surface area contributed by atoms with Crippen molar-refractivity contribution in [3.05, 3.63) is 0 Å². The van der Waals surface area contributed by atoms with E-state index in [2.05, 4.69) is 5.32 Å². The van der Waals surface area contributed by atoms with Gasteiger partial charge in [0.15, 0.2) is 0 Å². The van der Waals surface area contributed by atoms with E-state index in [1.807, 2.05) is 0 Å². The van der Waals surface area contributed by atoms with Crippen molar-refractivity contribution in [1.29, 1.82) is 0 Å². The number of ether oxygens (including phenoxy) is 1. The maximum absolute atomic E-state index is 11.9. The fourth-order valence-electron chi connectivity index (χ4n) is 1.95. The highest BCUT2D eigenvalue weighted by atomic mass is 16.5. The van der Waals surface area contributed by atoms with Gasteiger partial charge >= 0.3 is 0 Å². The van der Waals surface area contributed by atoms with E-state index in [1.54, 1.807) is 12.0 Å². The summed E-state index contributed by atoms with van der Waals surface area (Å²) in [6.45, 7) is 3.45. The van der Waals surface area contributed by atoms with Gasteiger partial charge in [-0.1, -0.05) is 0 Å². The zero-order valence-corrected chi connectivity index (χ0v) is 9.95. The Labute approximate surface area is 96.8 Å². The van der Waals surface area contributed by atoms with Gasteiger partial charge in [0.05, 0.1) is 13.2 Å². The minimum Gasteiger partial charge on any atom is -0.395 e. The molecule has 1 aliphatic heterocycles. The highest BCUT2D eigenvalue weighted by molar-refractivity contribution is 5.76. The Balaban J connectivity index is 2.32. The van der Waals surface area contributed by atoms with Gasteiger partial charge in [-0.25, -0.2) is 0 Å². The van der Waals surface area contributed by atoms with Crippen LogP contribution >= 0.6 is 0 Å². The topological polar surface area (TPSA) is 61.8 Å². The molecule has 0 aromatic heterocycles. The second-order valence-electron chi connectivity index (χ2n) is 4.16. The number of hydrogen-bond acceptors (Lipinski definition) is 4. The van der Waals surface area contributed by atoms with Gasteiger partial charge in [0.25, 0.3) is 0 Å². The van der Waals surface area contributed by atoms with Gasteiger partial charge in [0.1, 0.15) is 0 Å². The smallest absolute Gasteiger partial charge is 0.223 e. The standard InChI is InChI=1S/C11H22N2O3/c1-16-7-5-13(4-6-14)11(15)8-10-2-3-12-9-10/h10,12,14H,2-9H2,1H3. The summed E-state index contributed by atoms with van der Waals surface area (Å²) >= 11 is 0. The van der Waals surface area contributed by atoms with Crippen molar-refractivity contribution in [1.82, 2.24) is 10.2 Å². The van der Waals surface area contributed by atoms with Crippen LogP contribution < -0.4 is 5.32 Å². The Hall–Kier alpha value is -0.650. The molecule has 16 heavy (non-hydrogen) atoms. The first-order valence-corrected chi connectivity index (χ1v) is 5.86. The molecule has 1 atom stereocenters. The summed E-state index contributed by atoms with van der Waals surface area (Å²) in [4.78, 5) is 13.6. The van der Waals surface area contributed by atoms with Gasteiger partial charge in [-0.3, -0.25) is 4.79 Å². The Morgan fingerprint density at radius 1 is 1.56 bits per heavy atom. The number of amides is 1. The number of carbonyl (C=O) groups is 1. The summed E-state index contributed by atoms with van der Waals surface area (Å²) < 4.78 is 4.95. The first kappa shape index (κ1) is 13.4. The molecule has 0 aromatic carbocycles. The SMILES string of the molecule is COCCN(CCO)C(=O)CC1CCNC1. The molecule has 1 heterocycles. The van der Waals surface area contributed by atoms with Crippen LogP contribution in [0.25, 0.3) is 0 Å². The van der Waals surface area contributed by atoms with Crippen LogP contribution in [0, 0.1) is 5.92 Å². The predicted octanol–water partition coefficient (Wildman–Crippen LogP) is -0.547. The first-order valence-electron chi connectivity index (χ1n) is 5.86. The molecule has 1 saturated heterocycles. The Morgan fingerprint density at radius 2 is 2.38 bits per heavy atom. The number of hydrogen-bond donors (Lipinski definition) is 2. The third-order valence-electron chi connectivity index (χ3n) is 2.91. The summed E-state index contributed by atoms with van der Waals surface area (Å²) in [5.41, 5.74) is 0. The zero-order valence-electron chi connectivity index (χ0n) is 9.95. The number of carbonyl (C=O) groups excluding carboxylic acids is 1. The van der Waals surface area contributed by atoms with E-state index in [0.717, 1.165) is 19.5 Å². The quantitative estimate of drug-likeness (QED) is 0.616. The van der Waals surface area contributed by atoms with Crippen LogP contribution in [0.5, 0.6) is 0 Å². The van der Waals surface area contributed by atoms with E-state index < -0.39 is 0 Å². The van der Waals surface area contributed by atoms with Crippen LogP contribution in [0.1, 0.15) is 12.8 Å². The molecular weight excluding hydrogens is 208 g/mol. The lowest BCUT2D eigenvalue weighted by Crippen LogP contribution is -2.37. The molecule has 0 aliphatic carbocycles. The fraction of sp³-hybridized carbons (Fsp3) is 0.909. The molecule has 1 aliphatic rings. The van der Waals surface area contributed by atoms with Crippen LogP contribution in [0.4, 0.5) is 0 Å². The minimum atomic E-state index is 0.0123. The summed E-state index contributed by atoms with van der Waals surface area (Å²) in [5.74, 6) is 0.580. The van der Waals surface area contributed by atoms with Crippen LogP contribution in [0.3, 0.4) is 0 Å². The zero-order chi connectivity index (χ0) is 11.8. The number of nitrogens with zero attached hydrogens (tertiary/aromatic N) is 1. The van der Waals surface area contributed by atoms with Crippen molar-refractivity contribution in [3.63, 3.8) is 0 Å². The first-order chi connectivity index (χ1) is 7.77. The molecule has 5 heteroatoms. The van der Waals surface area contributed by atoms with E-state index in [0.29, 0.717) is 32.0 Å². The van der Waals surface area contributed by atoms with Gasteiger partial charge in [-0.15, -0.1) is 0 Å². The molecule has 1 fully saturated rings. The van der Waals surface area contributed by atoms with Crippen LogP contribution in [0.15, 0.2) is 0 Å². The van der Waals surface area contributed by atoms with E-state index in [9.17, 15) is 4.79 Å². The van der Waals surface area contributed by atoms with Gasteiger partial charge in [-0.2, -0.15) is 0 Å². The lowest BCUT2D eigenvalue weighted by atomic mass is 10.0. The average Bonchev–Trinajstić information content (AvgIpc) is 2.76. The molecular formula is C11H22N2O3. The molecule has 94 valence electrons. The fourth-order valence-corrected chi connectivity index (χ4v) is 1.95. The van der Waals surface area contributed by atoms with Gasteiger partial charge < -0.3 is 20.1 Å². The van der Waals surface area contributed by atoms with E-state index in [4.69, 9.17) is 9.84 Å². The number of methoxy groups -OCH3 is 1. The molecule has 0 spiro atoms. The molecule has 1 unspecified atom stereocenters. The third kappa shape index (κ3) is 4.47. The van der Waals surface area contributed by atoms with Crippen molar-refractivity contribution in [3.8, 4) is 0 Å². The maximum atomic E-state index is 11.9. The molecule has 0 saturated carbocycles. The molecule has 2 N–H and O–H groups in total. The van der Waals surface area contributed by atoms with Crippen molar-refractivity contribution < 1.29 is 14.6 Å². The average molecular weight is 230 g/mol. The van der Waals surface area contributed by atoms with Gasteiger partial charge in [0, 0.05) is 26.6 Å². The summed E-state index contributed by atoms with van der Waals surface area (Å²) in [5, 5.41) is 12.1. The monoisotopic (exact) mass is 230 g/mol. The minimum absolute atomic E-state index is 0.0123. The summed E-state index contributed by atoms with van der Waals surface area (Å²) in [6, 6.07) is 0. The van der Waals surface area contributed by atoms with Crippen LogP contribution in [-0.2, 0) is 9.53 Å². The van der Waals surface area contributed by atoms with Gasteiger partial charge in [0.2, 0.25) is 5.91 Å². The van der Waals surface area contributed by atoms with E-state index in [-0.39, 0.29) is 12.5 Å². The van der Waals surface area contributed by atoms with Gasteiger partial charge in [-0.05, 0) is 25.4 Å².